The van der Waals surface area contributed by atoms with Crippen LogP contribution in [0.3, 0.4) is 0 Å². The topological polar surface area (TPSA) is 41.6 Å². The Morgan fingerprint density at radius 1 is 1.44 bits per heavy atom. The molecule has 0 aromatic rings. The molecular formula is C14H28N2O2. The molecule has 18 heavy (non-hydrogen) atoms. The van der Waals surface area contributed by atoms with Crippen LogP contribution in [0.2, 0.25) is 0 Å². The molecule has 1 aliphatic heterocycles. The minimum Gasteiger partial charge on any atom is -0.444 e. The third kappa shape index (κ3) is 5.71. The zero-order valence-corrected chi connectivity index (χ0v) is 12.5. The number of hydrogen-bond donors (Lipinski definition) is 1. The fourth-order valence-electron chi connectivity index (χ4n) is 2.13. The molecule has 1 heterocycles. The maximum Gasteiger partial charge on any atom is 0.410 e. The van der Waals surface area contributed by atoms with Gasteiger partial charge in [-0.25, -0.2) is 4.79 Å². The van der Waals surface area contributed by atoms with Crippen LogP contribution in [0.1, 0.15) is 47.5 Å². The third-order valence-corrected chi connectivity index (χ3v) is 2.99. The van der Waals surface area contributed by atoms with Crippen molar-refractivity contribution in [1.82, 2.24) is 10.2 Å². The second-order valence-corrected chi connectivity index (χ2v) is 6.50. The third-order valence-electron chi connectivity index (χ3n) is 2.99. The average Bonchev–Trinajstić information content (AvgIpc) is 2.24. The van der Waals surface area contributed by atoms with E-state index in [-0.39, 0.29) is 6.09 Å². The van der Waals surface area contributed by atoms with Crippen molar-refractivity contribution in [3.8, 4) is 0 Å². The summed E-state index contributed by atoms with van der Waals surface area (Å²) in [7, 11) is 0. The van der Waals surface area contributed by atoms with Crippen molar-refractivity contribution in [1.29, 1.82) is 0 Å². The molecule has 0 unspecified atom stereocenters. The number of nitrogens with zero attached hydrogens (tertiary/aromatic N) is 1. The Kier molecular flexibility index (Phi) is 5.45. The summed E-state index contributed by atoms with van der Waals surface area (Å²) in [6.45, 7) is 12.6. The molecule has 4 nitrogen and oxygen atoms in total. The van der Waals surface area contributed by atoms with Crippen LogP contribution in [-0.4, -0.2) is 42.3 Å². The second-order valence-electron chi connectivity index (χ2n) is 6.50. The first-order valence-corrected chi connectivity index (χ1v) is 6.99. The quantitative estimate of drug-likeness (QED) is 0.844. The lowest BCUT2D eigenvalue weighted by Crippen LogP contribution is -2.45. The van der Waals surface area contributed by atoms with Crippen LogP contribution in [-0.2, 0) is 4.74 Å². The van der Waals surface area contributed by atoms with E-state index in [0.29, 0.717) is 12.0 Å². The number of nitrogens with one attached hydrogen (secondary N) is 1. The fraction of sp³-hybridized carbons (Fsp3) is 0.929. The number of ether oxygens (including phenoxy) is 1. The highest BCUT2D eigenvalue weighted by Gasteiger charge is 2.27. The molecule has 1 amide bonds. The highest BCUT2D eigenvalue weighted by atomic mass is 16.6. The van der Waals surface area contributed by atoms with Gasteiger partial charge in [-0.1, -0.05) is 13.8 Å². The van der Waals surface area contributed by atoms with Crippen LogP contribution in [0, 0.1) is 5.92 Å². The summed E-state index contributed by atoms with van der Waals surface area (Å²) < 4.78 is 5.42. The van der Waals surface area contributed by atoms with E-state index in [9.17, 15) is 4.79 Å². The first kappa shape index (κ1) is 15.3. The Labute approximate surface area is 111 Å². The van der Waals surface area contributed by atoms with Gasteiger partial charge < -0.3 is 15.0 Å². The van der Waals surface area contributed by atoms with Crippen LogP contribution in [0.4, 0.5) is 4.79 Å². The van der Waals surface area contributed by atoms with Crippen LogP contribution in [0.25, 0.3) is 0 Å². The van der Waals surface area contributed by atoms with Gasteiger partial charge in [0.15, 0.2) is 0 Å². The van der Waals surface area contributed by atoms with Gasteiger partial charge >= 0.3 is 6.09 Å². The molecule has 1 atom stereocenters. The van der Waals surface area contributed by atoms with Gasteiger partial charge in [0.05, 0.1) is 0 Å². The molecule has 106 valence electrons. The Bertz CT molecular complexity index is 271. The molecule has 1 aliphatic rings. The summed E-state index contributed by atoms with van der Waals surface area (Å²) in [5.74, 6) is 0.550. The van der Waals surface area contributed by atoms with E-state index in [2.05, 4.69) is 19.2 Å². The van der Waals surface area contributed by atoms with E-state index in [1.807, 2.05) is 25.7 Å². The number of hydrogen-bond acceptors (Lipinski definition) is 3. The molecule has 0 aromatic heterocycles. The molecule has 1 fully saturated rings. The van der Waals surface area contributed by atoms with Crippen molar-refractivity contribution in [3.05, 3.63) is 0 Å². The maximum atomic E-state index is 12.0. The number of carbonyl (C=O) groups is 1. The van der Waals surface area contributed by atoms with Gasteiger partial charge in [-0.15, -0.1) is 0 Å². The van der Waals surface area contributed by atoms with Crippen molar-refractivity contribution < 1.29 is 9.53 Å². The van der Waals surface area contributed by atoms with E-state index in [0.717, 1.165) is 26.1 Å². The highest BCUT2D eigenvalue weighted by molar-refractivity contribution is 5.68. The lowest BCUT2D eigenvalue weighted by Gasteiger charge is -2.34. The Hall–Kier alpha value is -0.770. The smallest absolute Gasteiger partial charge is 0.410 e. The molecule has 0 saturated carbocycles. The summed E-state index contributed by atoms with van der Waals surface area (Å²) in [5, 5.41) is 3.44. The SMILES string of the molecule is CC(C)NC[C@@H]1CCCN(C(=O)OC(C)(C)C)C1. The molecule has 1 rings (SSSR count). The summed E-state index contributed by atoms with van der Waals surface area (Å²) in [4.78, 5) is 13.8. The summed E-state index contributed by atoms with van der Waals surface area (Å²) in [6, 6.07) is 0.502. The average molecular weight is 256 g/mol. The molecule has 0 bridgehead atoms. The lowest BCUT2D eigenvalue weighted by atomic mass is 9.98. The van der Waals surface area contributed by atoms with Crippen molar-refractivity contribution in [2.45, 2.75) is 59.1 Å². The van der Waals surface area contributed by atoms with Crippen LogP contribution < -0.4 is 5.32 Å². The number of piperidine rings is 1. The molecule has 0 radical (unpaired) electrons. The molecule has 1 saturated heterocycles. The minimum atomic E-state index is -0.403. The normalized spacial score (nSPS) is 21.2. The Morgan fingerprint density at radius 3 is 2.67 bits per heavy atom. The number of carbonyl (C=O) groups excluding carboxylic acids is 1. The number of amides is 1. The van der Waals surface area contributed by atoms with Crippen molar-refractivity contribution in [2.75, 3.05) is 19.6 Å². The van der Waals surface area contributed by atoms with Gasteiger partial charge in [0.2, 0.25) is 0 Å². The molecule has 0 aliphatic carbocycles. The standard InChI is InChI=1S/C14H28N2O2/c1-11(2)15-9-12-7-6-8-16(10-12)13(17)18-14(3,4)5/h11-12,15H,6-10H2,1-5H3/t12-/m0/s1. The van der Waals surface area contributed by atoms with Gasteiger partial charge in [-0.3, -0.25) is 0 Å². The van der Waals surface area contributed by atoms with Crippen molar-refractivity contribution >= 4 is 6.09 Å². The molecule has 1 N–H and O–H groups in total. The fourth-order valence-corrected chi connectivity index (χ4v) is 2.13. The monoisotopic (exact) mass is 256 g/mol. The van der Waals surface area contributed by atoms with E-state index in [4.69, 9.17) is 4.74 Å². The second kappa shape index (κ2) is 6.41. The van der Waals surface area contributed by atoms with Crippen molar-refractivity contribution in [2.24, 2.45) is 5.92 Å². The van der Waals surface area contributed by atoms with Crippen LogP contribution in [0.15, 0.2) is 0 Å². The maximum absolute atomic E-state index is 12.0. The summed E-state index contributed by atoms with van der Waals surface area (Å²) in [6.07, 6.45) is 2.10. The number of rotatable bonds is 3. The summed E-state index contributed by atoms with van der Waals surface area (Å²) >= 11 is 0. The minimum absolute atomic E-state index is 0.170. The van der Waals surface area contributed by atoms with E-state index in [1.54, 1.807) is 0 Å². The number of likely N-dealkylation sites (tertiary alicyclic amines) is 1. The molecule has 0 aromatic carbocycles. The van der Waals surface area contributed by atoms with Gasteiger partial charge in [-0.05, 0) is 46.1 Å². The van der Waals surface area contributed by atoms with Gasteiger partial charge in [-0.2, -0.15) is 0 Å². The zero-order valence-electron chi connectivity index (χ0n) is 12.5. The molecule has 0 spiro atoms. The van der Waals surface area contributed by atoms with Crippen LogP contribution >= 0.6 is 0 Å². The largest absolute Gasteiger partial charge is 0.444 e. The highest BCUT2D eigenvalue weighted by Crippen LogP contribution is 2.18. The predicted molar refractivity (Wildman–Crippen MR) is 73.7 cm³/mol. The zero-order chi connectivity index (χ0) is 13.8. The van der Waals surface area contributed by atoms with Gasteiger partial charge in [0.1, 0.15) is 5.60 Å². The van der Waals surface area contributed by atoms with Gasteiger partial charge in [0.25, 0.3) is 0 Å². The predicted octanol–water partition coefficient (Wildman–Crippen LogP) is 2.63. The molecular weight excluding hydrogens is 228 g/mol. The van der Waals surface area contributed by atoms with Gasteiger partial charge in [0, 0.05) is 19.1 Å². The Balaban J connectivity index is 2.40. The van der Waals surface area contributed by atoms with E-state index in [1.165, 1.54) is 6.42 Å². The van der Waals surface area contributed by atoms with E-state index < -0.39 is 5.60 Å². The lowest BCUT2D eigenvalue weighted by molar-refractivity contribution is 0.0166. The van der Waals surface area contributed by atoms with E-state index >= 15 is 0 Å². The van der Waals surface area contributed by atoms with Crippen molar-refractivity contribution in [3.63, 3.8) is 0 Å². The molecule has 4 heteroatoms. The first-order valence-electron chi connectivity index (χ1n) is 6.99. The first-order chi connectivity index (χ1) is 8.28. The summed E-state index contributed by atoms with van der Waals surface area (Å²) in [5.41, 5.74) is -0.403. The van der Waals surface area contributed by atoms with Crippen LogP contribution in [0.5, 0.6) is 0 Å². The Morgan fingerprint density at radius 2 is 2.11 bits per heavy atom.